The molecule has 0 spiro atoms. The Kier molecular flexibility index (Phi) is 5.26. The molecule has 38 heavy (non-hydrogen) atoms. The molecule has 0 fully saturated rings. The maximum Gasteiger partial charge on any atom is 0.407 e. The quantitative estimate of drug-likeness (QED) is 0.391. The van der Waals surface area contributed by atoms with Crippen LogP contribution in [0.4, 0.5) is 9.18 Å². The lowest BCUT2D eigenvalue weighted by molar-refractivity contribution is 0.124. The number of halogens is 1. The molecule has 0 saturated carbocycles. The summed E-state index contributed by atoms with van der Waals surface area (Å²) in [6.45, 7) is 5.45. The maximum atomic E-state index is 14.5. The van der Waals surface area contributed by atoms with E-state index in [-0.39, 0.29) is 11.5 Å². The van der Waals surface area contributed by atoms with Crippen LogP contribution >= 0.6 is 0 Å². The van der Waals surface area contributed by atoms with Crippen LogP contribution in [0.5, 0.6) is 0 Å². The van der Waals surface area contributed by atoms with Crippen LogP contribution in [0.2, 0.25) is 0 Å². The van der Waals surface area contributed by atoms with Gasteiger partial charge in [-0.25, -0.2) is 18.7 Å². The van der Waals surface area contributed by atoms with Crippen molar-refractivity contribution in [2.75, 3.05) is 6.54 Å². The van der Waals surface area contributed by atoms with Gasteiger partial charge in [0.2, 0.25) is 0 Å². The molecule has 4 heterocycles. The maximum absolute atomic E-state index is 14.5. The number of rotatable bonds is 3. The fraction of sp³-hybridized carbons (Fsp3) is 0.259. The number of aromatic nitrogens is 6. The van der Waals surface area contributed by atoms with E-state index >= 15 is 0 Å². The summed E-state index contributed by atoms with van der Waals surface area (Å²) in [4.78, 5) is 27.2. The molecular formula is C27H26FN7O3. The Morgan fingerprint density at radius 2 is 1.79 bits per heavy atom. The van der Waals surface area contributed by atoms with Gasteiger partial charge in [0.05, 0.1) is 34.8 Å². The Labute approximate surface area is 216 Å². The van der Waals surface area contributed by atoms with Gasteiger partial charge >= 0.3 is 11.8 Å². The number of carbonyl (C=O) groups is 1. The predicted molar refractivity (Wildman–Crippen MR) is 139 cm³/mol. The first kappa shape index (κ1) is 23.7. The molecule has 0 aliphatic carbocycles. The van der Waals surface area contributed by atoms with Gasteiger partial charge in [-0.2, -0.15) is 10.2 Å². The zero-order valence-corrected chi connectivity index (χ0v) is 21.4. The molecule has 0 unspecified atom stereocenters. The number of carboxylic acid groups (broad SMARTS) is 1. The van der Waals surface area contributed by atoms with Gasteiger partial charge in [0.1, 0.15) is 11.6 Å². The number of hydrogen-bond acceptors (Lipinski definition) is 4. The Morgan fingerprint density at radius 1 is 1.08 bits per heavy atom. The molecule has 6 rings (SSSR count). The van der Waals surface area contributed by atoms with E-state index in [0.29, 0.717) is 52.5 Å². The first-order valence-electron chi connectivity index (χ1n) is 12.3. The number of nitrogens with zero attached hydrogens (tertiary/aromatic N) is 7. The molecule has 0 radical (unpaired) electrons. The summed E-state index contributed by atoms with van der Waals surface area (Å²) in [5, 5.41) is 19.8. The van der Waals surface area contributed by atoms with E-state index in [4.69, 9.17) is 5.10 Å². The number of hydrogen-bond donors (Lipinski definition) is 1. The van der Waals surface area contributed by atoms with Crippen LogP contribution in [-0.4, -0.2) is 51.3 Å². The van der Waals surface area contributed by atoms with Crippen LogP contribution in [-0.2, 0) is 13.5 Å². The van der Waals surface area contributed by atoms with Crippen LogP contribution in [0.1, 0.15) is 35.3 Å². The average molecular weight is 516 g/mol. The number of imidazole rings is 1. The highest BCUT2D eigenvalue weighted by Gasteiger charge is 2.35. The molecule has 11 heteroatoms. The van der Waals surface area contributed by atoms with Crippen molar-refractivity contribution in [2.45, 2.75) is 33.2 Å². The second kappa shape index (κ2) is 8.44. The van der Waals surface area contributed by atoms with Gasteiger partial charge in [-0.05, 0) is 62.2 Å². The molecule has 1 N–H and O–H groups in total. The number of aryl methyl sites for hydroxylation is 3. The first-order valence-corrected chi connectivity index (χ1v) is 12.3. The molecule has 10 nitrogen and oxygen atoms in total. The summed E-state index contributed by atoms with van der Waals surface area (Å²) in [6.07, 6.45) is 4.43. The van der Waals surface area contributed by atoms with Crippen molar-refractivity contribution >= 4 is 17.0 Å². The minimum atomic E-state index is -1.04. The van der Waals surface area contributed by atoms with Crippen LogP contribution < -0.4 is 5.69 Å². The monoisotopic (exact) mass is 515 g/mol. The summed E-state index contributed by atoms with van der Waals surface area (Å²) in [5.74, 6) is 0.141. The molecule has 5 aromatic rings. The second-order valence-electron chi connectivity index (χ2n) is 9.72. The fourth-order valence-corrected chi connectivity index (χ4v) is 5.41. The topological polar surface area (TPSA) is 103 Å². The van der Waals surface area contributed by atoms with Crippen molar-refractivity contribution in [1.82, 2.24) is 33.6 Å². The zero-order valence-electron chi connectivity index (χ0n) is 21.4. The average Bonchev–Trinajstić information content (AvgIpc) is 3.57. The Hall–Kier alpha value is -4.67. The van der Waals surface area contributed by atoms with E-state index < -0.39 is 12.1 Å². The van der Waals surface area contributed by atoms with Crippen LogP contribution in [0.25, 0.3) is 28.1 Å². The summed E-state index contributed by atoms with van der Waals surface area (Å²) < 4.78 is 20.9. The molecule has 1 atom stereocenters. The van der Waals surface area contributed by atoms with Gasteiger partial charge in [-0.15, -0.1) is 0 Å². The Bertz CT molecular complexity index is 1790. The molecule has 0 bridgehead atoms. The van der Waals surface area contributed by atoms with Gasteiger partial charge in [0, 0.05) is 43.4 Å². The number of fused-ring (bicyclic) bond motifs is 2. The van der Waals surface area contributed by atoms with E-state index in [1.54, 1.807) is 60.9 Å². The molecule has 1 amide bonds. The molecule has 0 saturated heterocycles. The van der Waals surface area contributed by atoms with Gasteiger partial charge in [0.25, 0.3) is 0 Å². The largest absolute Gasteiger partial charge is 0.465 e. The van der Waals surface area contributed by atoms with Crippen LogP contribution in [0.3, 0.4) is 0 Å². The SMILES string of the molecule is Cc1cc(-n2nc3c(c2-n2ccn(-c4ccc5c(cnn5C)c4)c2=O)[C@H](C)N(C(=O)O)CC3)cc(C)c1F. The predicted octanol–water partition coefficient (Wildman–Crippen LogP) is 4.05. The van der Waals surface area contributed by atoms with Crippen molar-refractivity contribution in [3.05, 3.63) is 87.6 Å². The molecule has 1 aliphatic rings. The third-order valence-corrected chi connectivity index (χ3v) is 7.37. The third-order valence-electron chi connectivity index (χ3n) is 7.37. The molecule has 194 valence electrons. The van der Waals surface area contributed by atoms with E-state index in [9.17, 15) is 19.1 Å². The highest BCUT2D eigenvalue weighted by Crippen LogP contribution is 2.35. The highest BCUT2D eigenvalue weighted by molar-refractivity contribution is 5.80. The van der Waals surface area contributed by atoms with Gasteiger partial charge in [0.15, 0.2) is 0 Å². The standard InChI is InChI=1S/C27H26FN7O3/c1-15-11-20(12-16(2)24(15)28)35-25(23-17(3)32(27(37)38)8-7-21(23)30-35)34-10-9-33(26(34)36)19-5-6-22-18(13-19)14-29-31(22)4/h5-6,9-14,17H,7-8H2,1-4H3,(H,37,38)/t17-/m0/s1. The highest BCUT2D eigenvalue weighted by atomic mass is 19.1. The van der Waals surface area contributed by atoms with Gasteiger partial charge in [-0.3, -0.25) is 13.8 Å². The number of benzene rings is 2. The minimum absolute atomic E-state index is 0.294. The smallest absolute Gasteiger partial charge is 0.407 e. The van der Waals surface area contributed by atoms with E-state index in [1.165, 1.54) is 14.0 Å². The summed E-state index contributed by atoms with van der Waals surface area (Å²) >= 11 is 0. The van der Waals surface area contributed by atoms with Crippen molar-refractivity contribution in [3.63, 3.8) is 0 Å². The van der Waals surface area contributed by atoms with Gasteiger partial charge in [-0.1, -0.05) is 0 Å². The second-order valence-corrected chi connectivity index (χ2v) is 9.72. The van der Waals surface area contributed by atoms with Crippen LogP contribution in [0.15, 0.2) is 53.7 Å². The van der Waals surface area contributed by atoms with Crippen LogP contribution in [0, 0.1) is 19.7 Å². The minimum Gasteiger partial charge on any atom is -0.465 e. The number of amides is 1. The molecule has 3 aromatic heterocycles. The fourth-order valence-electron chi connectivity index (χ4n) is 5.41. The van der Waals surface area contributed by atoms with Crippen molar-refractivity contribution < 1.29 is 14.3 Å². The normalized spacial score (nSPS) is 15.3. The zero-order chi connectivity index (χ0) is 26.9. The lowest BCUT2D eigenvalue weighted by Crippen LogP contribution is -2.38. The Morgan fingerprint density at radius 3 is 2.50 bits per heavy atom. The summed E-state index contributed by atoms with van der Waals surface area (Å²) in [6, 6.07) is 8.48. The van der Waals surface area contributed by atoms with Gasteiger partial charge < -0.3 is 10.0 Å². The molecular weight excluding hydrogens is 489 g/mol. The molecule has 2 aromatic carbocycles. The summed E-state index contributed by atoms with van der Waals surface area (Å²) in [7, 11) is 1.86. The molecule has 1 aliphatic heterocycles. The van der Waals surface area contributed by atoms with E-state index in [0.717, 1.165) is 10.9 Å². The van der Waals surface area contributed by atoms with E-state index in [1.807, 2.05) is 25.2 Å². The first-order chi connectivity index (χ1) is 18.2. The van der Waals surface area contributed by atoms with Crippen molar-refractivity contribution in [3.8, 4) is 17.2 Å². The Balaban J connectivity index is 1.58. The lowest BCUT2D eigenvalue weighted by atomic mass is 10.00. The van der Waals surface area contributed by atoms with Crippen molar-refractivity contribution in [2.24, 2.45) is 7.05 Å². The lowest BCUT2D eigenvalue weighted by Gasteiger charge is -2.31. The van der Waals surface area contributed by atoms with E-state index in [2.05, 4.69) is 5.10 Å². The van der Waals surface area contributed by atoms with Crippen molar-refractivity contribution in [1.29, 1.82) is 0 Å². The third kappa shape index (κ3) is 3.46. The summed E-state index contributed by atoms with van der Waals surface area (Å²) in [5.41, 5.74) is 4.13.